The van der Waals surface area contributed by atoms with Gasteiger partial charge in [-0.25, -0.2) is 4.79 Å². The highest BCUT2D eigenvalue weighted by atomic mass is 16.2. The number of rotatable bonds is 1. The smallest absolute Gasteiger partial charge is 0.314 e. The zero-order valence-corrected chi connectivity index (χ0v) is 5.18. The average molecular weight is 129 g/mol. The lowest BCUT2D eigenvalue weighted by Gasteiger charge is -2.21. The van der Waals surface area contributed by atoms with Crippen LogP contribution in [0.25, 0.3) is 0 Å². The molecule has 1 fully saturated rings. The van der Waals surface area contributed by atoms with Crippen LogP contribution in [0.2, 0.25) is 0 Å². The zero-order valence-electron chi connectivity index (χ0n) is 5.18. The average Bonchev–Trinajstić information content (AvgIpc) is 1.90. The Morgan fingerprint density at radius 3 is 2.56 bits per heavy atom. The van der Waals surface area contributed by atoms with Crippen LogP contribution < -0.4 is 16.4 Å². The van der Waals surface area contributed by atoms with Gasteiger partial charge in [-0.1, -0.05) is 0 Å². The van der Waals surface area contributed by atoms with E-state index in [0.717, 1.165) is 0 Å². The molecule has 0 radical (unpaired) electrons. The topological polar surface area (TPSA) is 67.1 Å². The van der Waals surface area contributed by atoms with Crippen LogP contribution >= 0.6 is 0 Å². The van der Waals surface area contributed by atoms with Gasteiger partial charge in [0.05, 0.1) is 0 Å². The second kappa shape index (κ2) is 2.68. The van der Waals surface area contributed by atoms with Crippen molar-refractivity contribution in [2.45, 2.75) is 0 Å². The molecule has 0 aromatic heterocycles. The van der Waals surface area contributed by atoms with Crippen LogP contribution in [0.4, 0.5) is 4.79 Å². The van der Waals surface area contributed by atoms with Crippen LogP contribution in [-0.4, -0.2) is 25.7 Å². The maximum Gasteiger partial charge on any atom is 0.314 e. The summed E-state index contributed by atoms with van der Waals surface area (Å²) >= 11 is 0. The molecular weight excluding hydrogens is 118 g/mol. The van der Waals surface area contributed by atoms with Crippen molar-refractivity contribution in [3.63, 3.8) is 0 Å². The predicted octanol–water partition coefficient (Wildman–Crippen LogP) is -1.13. The third-order valence-electron chi connectivity index (χ3n) is 1.44. The molecule has 0 spiro atoms. The van der Waals surface area contributed by atoms with E-state index in [-0.39, 0.29) is 6.03 Å². The first-order valence-electron chi connectivity index (χ1n) is 3.04. The van der Waals surface area contributed by atoms with Crippen molar-refractivity contribution < 1.29 is 4.79 Å². The molecule has 4 heteroatoms. The standard InChI is InChI=1S/C5H11N3O/c6-1-4-2-7-5(9)8-3-4/h4H,1-3,6H2,(H2,7,8,9). The predicted molar refractivity (Wildman–Crippen MR) is 33.9 cm³/mol. The van der Waals surface area contributed by atoms with Crippen molar-refractivity contribution in [3.8, 4) is 0 Å². The summed E-state index contributed by atoms with van der Waals surface area (Å²) in [6.07, 6.45) is 0. The van der Waals surface area contributed by atoms with Gasteiger partial charge < -0.3 is 16.4 Å². The minimum atomic E-state index is -0.0836. The van der Waals surface area contributed by atoms with E-state index in [9.17, 15) is 4.79 Å². The fourth-order valence-corrected chi connectivity index (χ4v) is 0.775. The number of nitrogens with two attached hydrogens (primary N) is 1. The molecule has 0 aliphatic carbocycles. The molecule has 4 nitrogen and oxygen atoms in total. The summed E-state index contributed by atoms with van der Waals surface area (Å²) in [6, 6.07) is -0.0836. The molecule has 0 saturated carbocycles. The van der Waals surface area contributed by atoms with E-state index in [2.05, 4.69) is 10.6 Å². The molecule has 0 atom stereocenters. The first-order valence-corrected chi connectivity index (χ1v) is 3.04. The Morgan fingerprint density at radius 2 is 2.11 bits per heavy atom. The summed E-state index contributed by atoms with van der Waals surface area (Å²) in [6.45, 7) is 2.05. The first-order chi connectivity index (χ1) is 4.33. The highest BCUT2D eigenvalue weighted by Crippen LogP contribution is 1.92. The van der Waals surface area contributed by atoms with Gasteiger partial charge in [-0.3, -0.25) is 0 Å². The minimum Gasteiger partial charge on any atom is -0.338 e. The Balaban J connectivity index is 2.26. The van der Waals surface area contributed by atoms with Crippen molar-refractivity contribution in [2.24, 2.45) is 11.7 Å². The number of hydrogen-bond acceptors (Lipinski definition) is 2. The molecule has 0 aromatic rings. The zero-order chi connectivity index (χ0) is 6.69. The summed E-state index contributed by atoms with van der Waals surface area (Å²) in [4.78, 5) is 10.5. The van der Waals surface area contributed by atoms with Crippen molar-refractivity contribution in [2.75, 3.05) is 19.6 Å². The molecule has 4 N–H and O–H groups in total. The van der Waals surface area contributed by atoms with Crippen LogP contribution in [0, 0.1) is 5.92 Å². The van der Waals surface area contributed by atoms with Gasteiger partial charge in [0.2, 0.25) is 0 Å². The number of carbonyl (C=O) groups excluding carboxylic acids is 1. The fraction of sp³-hybridized carbons (Fsp3) is 0.800. The van der Waals surface area contributed by atoms with Gasteiger partial charge in [0, 0.05) is 19.0 Å². The van der Waals surface area contributed by atoms with Crippen LogP contribution in [0.3, 0.4) is 0 Å². The van der Waals surface area contributed by atoms with Gasteiger partial charge in [0.15, 0.2) is 0 Å². The Bertz CT molecular complexity index is 105. The molecular formula is C5H11N3O. The molecule has 0 bridgehead atoms. The van der Waals surface area contributed by atoms with Crippen LogP contribution in [-0.2, 0) is 0 Å². The first kappa shape index (κ1) is 6.35. The maximum absolute atomic E-state index is 10.5. The SMILES string of the molecule is NCC1CNC(=O)NC1. The van der Waals surface area contributed by atoms with Crippen LogP contribution in [0.5, 0.6) is 0 Å². The largest absolute Gasteiger partial charge is 0.338 e. The summed E-state index contributed by atoms with van der Waals surface area (Å²) < 4.78 is 0. The minimum absolute atomic E-state index is 0.0836. The molecule has 1 saturated heterocycles. The van der Waals surface area contributed by atoms with E-state index in [1.165, 1.54) is 0 Å². The van der Waals surface area contributed by atoms with Crippen LogP contribution in [0.15, 0.2) is 0 Å². The van der Waals surface area contributed by atoms with Crippen LogP contribution in [0.1, 0.15) is 0 Å². The monoisotopic (exact) mass is 129 g/mol. The molecule has 52 valence electrons. The van der Waals surface area contributed by atoms with E-state index < -0.39 is 0 Å². The fourth-order valence-electron chi connectivity index (χ4n) is 0.775. The van der Waals surface area contributed by atoms with Crippen molar-refractivity contribution >= 4 is 6.03 Å². The lowest BCUT2D eigenvalue weighted by Crippen LogP contribution is -2.50. The normalized spacial score (nSPS) is 20.8. The molecule has 1 heterocycles. The van der Waals surface area contributed by atoms with Gasteiger partial charge in [0.1, 0.15) is 0 Å². The number of carbonyl (C=O) groups is 1. The second-order valence-electron chi connectivity index (χ2n) is 2.19. The van der Waals surface area contributed by atoms with Gasteiger partial charge in [-0.2, -0.15) is 0 Å². The molecule has 1 aliphatic rings. The van der Waals surface area contributed by atoms with E-state index in [1.54, 1.807) is 0 Å². The Kier molecular flexibility index (Phi) is 1.89. The van der Waals surface area contributed by atoms with Gasteiger partial charge in [-0.15, -0.1) is 0 Å². The van der Waals surface area contributed by atoms with E-state index >= 15 is 0 Å². The highest BCUT2D eigenvalue weighted by Gasteiger charge is 2.14. The van der Waals surface area contributed by atoms with Crippen molar-refractivity contribution in [1.82, 2.24) is 10.6 Å². The molecule has 9 heavy (non-hydrogen) atoms. The van der Waals surface area contributed by atoms with E-state index in [4.69, 9.17) is 5.73 Å². The number of nitrogens with one attached hydrogen (secondary N) is 2. The Labute approximate surface area is 53.8 Å². The van der Waals surface area contributed by atoms with Gasteiger partial charge >= 0.3 is 6.03 Å². The summed E-state index contributed by atoms with van der Waals surface area (Å²) in [5.41, 5.74) is 5.36. The lowest BCUT2D eigenvalue weighted by molar-refractivity contribution is 0.229. The molecule has 0 aromatic carbocycles. The summed E-state index contributed by atoms with van der Waals surface area (Å²) in [7, 11) is 0. The summed E-state index contributed by atoms with van der Waals surface area (Å²) in [5.74, 6) is 0.405. The van der Waals surface area contributed by atoms with Crippen molar-refractivity contribution in [3.05, 3.63) is 0 Å². The molecule has 2 amide bonds. The molecule has 1 aliphatic heterocycles. The molecule has 1 rings (SSSR count). The number of hydrogen-bond donors (Lipinski definition) is 3. The highest BCUT2D eigenvalue weighted by molar-refractivity contribution is 5.74. The third kappa shape index (κ3) is 1.57. The van der Waals surface area contributed by atoms with Crippen molar-refractivity contribution in [1.29, 1.82) is 0 Å². The lowest BCUT2D eigenvalue weighted by atomic mass is 10.1. The number of urea groups is 1. The summed E-state index contributed by atoms with van der Waals surface area (Å²) in [5, 5.41) is 5.31. The maximum atomic E-state index is 10.5. The Morgan fingerprint density at radius 1 is 1.56 bits per heavy atom. The number of amides is 2. The van der Waals surface area contributed by atoms with Gasteiger partial charge in [0.25, 0.3) is 0 Å². The Hall–Kier alpha value is -0.770. The van der Waals surface area contributed by atoms with E-state index in [1.807, 2.05) is 0 Å². The molecule has 0 unspecified atom stereocenters. The quantitative estimate of drug-likeness (QED) is 0.419. The van der Waals surface area contributed by atoms with Gasteiger partial charge in [-0.05, 0) is 6.54 Å². The second-order valence-corrected chi connectivity index (χ2v) is 2.19. The van der Waals surface area contributed by atoms with E-state index in [0.29, 0.717) is 25.6 Å². The third-order valence-corrected chi connectivity index (χ3v) is 1.44.